The lowest BCUT2D eigenvalue weighted by atomic mass is 10.1. The van der Waals surface area contributed by atoms with Gasteiger partial charge in [0.2, 0.25) is 5.13 Å². The number of hydrogen-bond acceptors (Lipinski definition) is 5. The van der Waals surface area contributed by atoms with Crippen LogP contribution < -0.4 is 11.1 Å². The molecule has 0 saturated heterocycles. The molecule has 0 spiro atoms. The van der Waals surface area contributed by atoms with Gasteiger partial charge in [0, 0.05) is 12.1 Å². The van der Waals surface area contributed by atoms with Gasteiger partial charge in [0.25, 0.3) is 5.91 Å². The first kappa shape index (κ1) is 11.7. The highest BCUT2D eigenvalue weighted by molar-refractivity contribution is 7.15. The number of aryl methyl sites for hydroxylation is 1. The van der Waals surface area contributed by atoms with E-state index in [2.05, 4.69) is 15.5 Å². The Morgan fingerprint density at radius 1 is 1.47 bits per heavy atom. The third-order valence-corrected chi connectivity index (χ3v) is 3.00. The van der Waals surface area contributed by atoms with Crippen LogP contribution in [0.1, 0.15) is 20.9 Å². The molecule has 0 aliphatic carbocycles. The number of rotatable bonds is 3. The van der Waals surface area contributed by atoms with Gasteiger partial charge in [-0.3, -0.25) is 10.1 Å². The summed E-state index contributed by atoms with van der Waals surface area (Å²) in [5, 5.41) is 11.5. The zero-order valence-electron chi connectivity index (χ0n) is 9.30. The summed E-state index contributed by atoms with van der Waals surface area (Å²) in [7, 11) is 0. The fraction of sp³-hybridized carbons (Fsp3) is 0.182. The summed E-state index contributed by atoms with van der Waals surface area (Å²) in [6, 6.07) is 7.36. The van der Waals surface area contributed by atoms with Crippen LogP contribution in [0.5, 0.6) is 0 Å². The van der Waals surface area contributed by atoms with Crippen molar-refractivity contribution in [3.8, 4) is 0 Å². The largest absolute Gasteiger partial charge is 0.324 e. The van der Waals surface area contributed by atoms with Crippen molar-refractivity contribution in [2.75, 3.05) is 5.32 Å². The molecule has 0 fully saturated rings. The number of benzene rings is 1. The van der Waals surface area contributed by atoms with Crippen molar-refractivity contribution < 1.29 is 4.79 Å². The van der Waals surface area contributed by atoms with Crippen molar-refractivity contribution >= 4 is 22.4 Å². The van der Waals surface area contributed by atoms with Gasteiger partial charge < -0.3 is 5.73 Å². The molecule has 0 unspecified atom stereocenters. The maximum absolute atomic E-state index is 11.9. The zero-order valence-corrected chi connectivity index (χ0v) is 10.1. The molecule has 0 aliphatic heterocycles. The molecule has 88 valence electrons. The molecule has 2 aromatic rings. The Labute approximate surface area is 103 Å². The minimum atomic E-state index is -0.187. The number of nitrogens with zero attached hydrogens (tertiary/aromatic N) is 2. The van der Waals surface area contributed by atoms with E-state index < -0.39 is 0 Å². The Hall–Kier alpha value is -1.79. The highest BCUT2D eigenvalue weighted by atomic mass is 32.1. The molecule has 17 heavy (non-hydrogen) atoms. The standard InChI is InChI=1S/C11H12N4OS/c1-7-3-2-4-8(5-7)10(16)13-11-15-14-9(6-12)17-11/h2-5H,6,12H2,1H3,(H,13,15,16). The van der Waals surface area contributed by atoms with Gasteiger partial charge in [-0.15, -0.1) is 10.2 Å². The van der Waals surface area contributed by atoms with E-state index >= 15 is 0 Å². The summed E-state index contributed by atoms with van der Waals surface area (Å²) in [5.41, 5.74) is 7.07. The van der Waals surface area contributed by atoms with Gasteiger partial charge in [-0.05, 0) is 19.1 Å². The predicted octanol–water partition coefficient (Wildman–Crippen LogP) is 1.56. The van der Waals surface area contributed by atoms with Gasteiger partial charge in [0.1, 0.15) is 5.01 Å². The van der Waals surface area contributed by atoms with Gasteiger partial charge in [-0.2, -0.15) is 0 Å². The number of carbonyl (C=O) groups excluding carboxylic acids is 1. The molecule has 1 aromatic heterocycles. The van der Waals surface area contributed by atoms with Crippen LogP contribution in [0.25, 0.3) is 0 Å². The lowest BCUT2D eigenvalue weighted by Gasteiger charge is -2.01. The van der Waals surface area contributed by atoms with Crippen molar-refractivity contribution in [1.82, 2.24) is 10.2 Å². The van der Waals surface area contributed by atoms with Crippen LogP contribution >= 0.6 is 11.3 Å². The van der Waals surface area contributed by atoms with E-state index in [0.29, 0.717) is 22.2 Å². The van der Waals surface area contributed by atoms with E-state index in [9.17, 15) is 4.79 Å². The molecule has 0 saturated carbocycles. The second kappa shape index (κ2) is 5.03. The molecule has 1 aromatic carbocycles. The van der Waals surface area contributed by atoms with Crippen molar-refractivity contribution in [3.05, 3.63) is 40.4 Å². The molecule has 0 radical (unpaired) electrons. The third-order valence-electron chi connectivity index (χ3n) is 2.14. The summed E-state index contributed by atoms with van der Waals surface area (Å²) in [6.45, 7) is 2.27. The van der Waals surface area contributed by atoms with Crippen LogP contribution in [0.3, 0.4) is 0 Å². The highest BCUT2D eigenvalue weighted by Gasteiger charge is 2.09. The Bertz CT molecular complexity index is 538. The van der Waals surface area contributed by atoms with Crippen LogP contribution in [0.4, 0.5) is 5.13 Å². The van der Waals surface area contributed by atoms with E-state index in [0.717, 1.165) is 5.56 Å². The maximum Gasteiger partial charge on any atom is 0.257 e. The number of hydrogen-bond donors (Lipinski definition) is 2. The van der Waals surface area contributed by atoms with E-state index in [-0.39, 0.29) is 5.91 Å². The lowest BCUT2D eigenvalue weighted by molar-refractivity contribution is 0.102. The second-order valence-electron chi connectivity index (χ2n) is 3.53. The summed E-state index contributed by atoms with van der Waals surface area (Å²) < 4.78 is 0. The first-order valence-corrected chi connectivity index (χ1v) is 5.91. The van der Waals surface area contributed by atoms with E-state index in [1.54, 1.807) is 6.07 Å². The minimum absolute atomic E-state index is 0.187. The molecule has 3 N–H and O–H groups in total. The summed E-state index contributed by atoms with van der Waals surface area (Å²) >= 11 is 1.28. The number of aromatic nitrogens is 2. The van der Waals surface area contributed by atoms with Crippen LogP contribution in [0, 0.1) is 6.92 Å². The van der Waals surface area contributed by atoms with Crippen molar-refractivity contribution in [2.24, 2.45) is 5.73 Å². The molecular weight excluding hydrogens is 236 g/mol. The average Bonchev–Trinajstić information content (AvgIpc) is 2.77. The number of nitrogens with one attached hydrogen (secondary N) is 1. The second-order valence-corrected chi connectivity index (χ2v) is 4.59. The minimum Gasteiger partial charge on any atom is -0.324 e. The first-order valence-electron chi connectivity index (χ1n) is 5.09. The number of carbonyl (C=O) groups is 1. The van der Waals surface area contributed by atoms with E-state index in [4.69, 9.17) is 5.73 Å². The van der Waals surface area contributed by atoms with Gasteiger partial charge in [-0.1, -0.05) is 29.0 Å². The molecule has 0 aliphatic rings. The summed E-state index contributed by atoms with van der Waals surface area (Å²) in [4.78, 5) is 11.9. The smallest absolute Gasteiger partial charge is 0.257 e. The Morgan fingerprint density at radius 3 is 2.94 bits per heavy atom. The van der Waals surface area contributed by atoms with E-state index in [1.165, 1.54) is 11.3 Å². The monoisotopic (exact) mass is 248 g/mol. The first-order chi connectivity index (χ1) is 8.19. The van der Waals surface area contributed by atoms with Crippen LogP contribution in [0.15, 0.2) is 24.3 Å². The molecule has 2 rings (SSSR count). The van der Waals surface area contributed by atoms with Gasteiger partial charge >= 0.3 is 0 Å². The predicted molar refractivity (Wildman–Crippen MR) is 66.9 cm³/mol. The molecule has 1 heterocycles. The summed E-state index contributed by atoms with van der Waals surface area (Å²) in [6.07, 6.45) is 0. The van der Waals surface area contributed by atoms with Gasteiger partial charge in [-0.25, -0.2) is 0 Å². The van der Waals surface area contributed by atoms with Gasteiger partial charge in [0.15, 0.2) is 0 Å². The van der Waals surface area contributed by atoms with Crippen molar-refractivity contribution in [2.45, 2.75) is 13.5 Å². The number of anilines is 1. The zero-order chi connectivity index (χ0) is 12.3. The lowest BCUT2D eigenvalue weighted by Crippen LogP contribution is -2.11. The quantitative estimate of drug-likeness (QED) is 0.863. The normalized spacial score (nSPS) is 10.2. The van der Waals surface area contributed by atoms with E-state index in [1.807, 2.05) is 25.1 Å². The number of amides is 1. The van der Waals surface area contributed by atoms with Gasteiger partial charge in [0.05, 0.1) is 0 Å². The Kier molecular flexibility index (Phi) is 3.46. The van der Waals surface area contributed by atoms with Crippen LogP contribution in [-0.2, 0) is 6.54 Å². The molecule has 6 heteroatoms. The fourth-order valence-corrected chi connectivity index (χ4v) is 1.96. The Morgan fingerprint density at radius 2 is 2.29 bits per heavy atom. The third kappa shape index (κ3) is 2.86. The highest BCUT2D eigenvalue weighted by Crippen LogP contribution is 2.15. The van der Waals surface area contributed by atoms with Crippen molar-refractivity contribution in [1.29, 1.82) is 0 Å². The topological polar surface area (TPSA) is 80.9 Å². The average molecular weight is 248 g/mol. The Balaban J connectivity index is 2.11. The number of nitrogens with two attached hydrogens (primary N) is 1. The fourth-order valence-electron chi connectivity index (χ4n) is 1.34. The van der Waals surface area contributed by atoms with Crippen molar-refractivity contribution in [3.63, 3.8) is 0 Å². The molecular formula is C11H12N4OS. The summed E-state index contributed by atoms with van der Waals surface area (Å²) in [5.74, 6) is -0.187. The molecule has 0 atom stereocenters. The SMILES string of the molecule is Cc1cccc(C(=O)Nc2nnc(CN)s2)c1. The molecule has 0 bridgehead atoms. The van der Waals surface area contributed by atoms with Crippen LogP contribution in [-0.4, -0.2) is 16.1 Å². The molecule has 5 nitrogen and oxygen atoms in total. The maximum atomic E-state index is 11.9. The van der Waals surface area contributed by atoms with Crippen LogP contribution in [0.2, 0.25) is 0 Å². The molecule has 1 amide bonds.